The zero-order valence-corrected chi connectivity index (χ0v) is 13.8. The molecule has 2 rings (SSSR count). The molecule has 0 radical (unpaired) electrons. The minimum absolute atomic E-state index is 0.361. The summed E-state index contributed by atoms with van der Waals surface area (Å²) in [6.07, 6.45) is 3.90. The van der Waals surface area contributed by atoms with Gasteiger partial charge in [0.1, 0.15) is 11.5 Å². The molecule has 0 aliphatic rings. The van der Waals surface area contributed by atoms with E-state index >= 15 is 0 Å². The first-order valence-corrected chi connectivity index (χ1v) is 7.85. The monoisotopic (exact) mass is 309 g/mol. The highest BCUT2D eigenvalue weighted by Crippen LogP contribution is 2.20. The number of rotatable bonds is 5. The highest BCUT2D eigenvalue weighted by Gasteiger charge is 2.14. The molecule has 7 heteroatoms. The molecule has 3 N–H and O–H groups in total. The molecule has 0 atom stereocenters. The standard InChI is InChI=1S/C11H15N5OS.C3H8/c1-3-9-14-10(11(12)17)7(18-9)6-13-8-4-5-16(2)15-8;1-3-2/h4-5H,3,6H2,1-2H3,(H2,12,17)(H,13,15);3H2,1-2H3. The average molecular weight is 309 g/mol. The molecule has 0 bridgehead atoms. The first-order valence-electron chi connectivity index (χ1n) is 7.03. The van der Waals surface area contributed by atoms with Gasteiger partial charge in [0.25, 0.3) is 5.91 Å². The van der Waals surface area contributed by atoms with Crippen LogP contribution in [0.5, 0.6) is 0 Å². The lowest BCUT2D eigenvalue weighted by molar-refractivity contribution is 0.0995. The van der Waals surface area contributed by atoms with E-state index in [-0.39, 0.29) is 0 Å². The molecule has 2 aromatic rings. The van der Waals surface area contributed by atoms with E-state index in [1.165, 1.54) is 17.8 Å². The van der Waals surface area contributed by atoms with Crippen molar-refractivity contribution in [3.63, 3.8) is 0 Å². The fraction of sp³-hybridized carbons (Fsp3) is 0.500. The molecule has 116 valence electrons. The first kappa shape index (κ1) is 17.2. The fourth-order valence-electron chi connectivity index (χ4n) is 1.54. The molecule has 2 aromatic heterocycles. The molecule has 0 aromatic carbocycles. The molecule has 0 saturated heterocycles. The number of amides is 1. The number of hydrogen-bond acceptors (Lipinski definition) is 5. The predicted octanol–water partition coefficient (Wildman–Crippen LogP) is 2.57. The van der Waals surface area contributed by atoms with Crippen LogP contribution in [0, 0.1) is 0 Å². The topological polar surface area (TPSA) is 85.8 Å². The van der Waals surface area contributed by atoms with Crippen LogP contribution in [0.1, 0.15) is 47.6 Å². The van der Waals surface area contributed by atoms with Crippen LogP contribution < -0.4 is 11.1 Å². The van der Waals surface area contributed by atoms with Crippen LogP contribution in [0.4, 0.5) is 5.82 Å². The van der Waals surface area contributed by atoms with Crippen molar-refractivity contribution in [2.24, 2.45) is 12.8 Å². The summed E-state index contributed by atoms with van der Waals surface area (Å²) in [5.74, 6) is 0.281. The van der Waals surface area contributed by atoms with Crippen molar-refractivity contribution in [2.75, 3.05) is 5.32 Å². The fourth-order valence-corrected chi connectivity index (χ4v) is 2.50. The maximum absolute atomic E-state index is 11.3. The molecule has 0 fully saturated rings. The van der Waals surface area contributed by atoms with Crippen LogP contribution in [0.15, 0.2) is 12.3 Å². The lowest BCUT2D eigenvalue weighted by atomic mass is 10.3. The van der Waals surface area contributed by atoms with E-state index in [4.69, 9.17) is 5.73 Å². The molecule has 0 unspecified atom stereocenters. The average Bonchev–Trinajstić information content (AvgIpc) is 3.03. The van der Waals surface area contributed by atoms with Crippen molar-refractivity contribution in [1.82, 2.24) is 14.8 Å². The van der Waals surface area contributed by atoms with Gasteiger partial charge in [-0.15, -0.1) is 11.3 Å². The maximum Gasteiger partial charge on any atom is 0.268 e. The summed E-state index contributed by atoms with van der Waals surface area (Å²) in [4.78, 5) is 16.4. The molecule has 2 heterocycles. The van der Waals surface area contributed by atoms with Gasteiger partial charge >= 0.3 is 0 Å². The number of anilines is 1. The van der Waals surface area contributed by atoms with E-state index in [1.54, 1.807) is 4.68 Å². The van der Waals surface area contributed by atoms with Gasteiger partial charge in [-0.05, 0) is 6.42 Å². The van der Waals surface area contributed by atoms with Gasteiger partial charge in [-0.3, -0.25) is 9.48 Å². The van der Waals surface area contributed by atoms with Gasteiger partial charge in [0.15, 0.2) is 0 Å². The van der Waals surface area contributed by atoms with Crippen molar-refractivity contribution in [3.8, 4) is 0 Å². The Morgan fingerprint density at radius 2 is 2.10 bits per heavy atom. The third kappa shape index (κ3) is 5.18. The quantitative estimate of drug-likeness (QED) is 0.889. The van der Waals surface area contributed by atoms with E-state index in [2.05, 4.69) is 29.2 Å². The number of primary amides is 1. The second kappa shape index (κ2) is 8.41. The Morgan fingerprint density at radius 1 is 1.43 bits per heavy atom. The number of aryl methyl sites for hydroxylation is 2. The van der Waals surface area contributed by atoms with Crippen LogP contribution in [-0.2, 0) is 20.0 Å². The molecule has 6 nitrogen and oxygen atoms in total. The van der Waals surface area contributed by atoms with E-state index in [1.807, 2.05) is 26.2 Å². The first-order chi connectivity index (χ1) is 10.0. The highest BCUT2D eigenvalue weighted by atomic mass is 32.1. The molecule has 0 aliphatic carbocycles. The SMILES string of the molecule is CCC.CCc1nc(C(N)=O)c(CNc2ccn(C)n2)s1. The zero-order valence-electron chi connectivity index (χ0n) is 13.0. The smallest absolute Gasteiger partial charge is 0.268 e. The molecule has 0 saturated carbocycles. The van der Waals surface area contributed by atoms with Gasteiger partial charge in [-0.1, -0.05) is 27.2 Å². The molecule has 0 spiro atoms. The van der Waals surface area contributed by atoms with Crippen LogP contribution >= 0.6 is 11.3 Å². The van der Waals surface area contributed by atoms with Crippen molar-refractivity contribution in [2.45, 2.75) is 40.2 Å². The highest BCUT2D eigenvalue weighted by molar-refractivity contribution is 7.11. The Hall–Kier alpha value is -1.89. The second-order valence-corrected chi connectivity index (χ2v) is 5.70. The Balaban J connectivity index is 0.000000677. The van der Waals surface area contributed by atoms with Crippen LogP contribution in [-0.4, -0.2) is 20.7 Å². The number of carbonyl (C=O) groups excluding carboxylic acids is 1. The van der Waals surface area contributed by atoms with Gasteiger partial charge in [-0.2, -0.15) is 5.10 Å². The lowest BCUT2D eigenvalue weighted by Crippen LogP contribution is -2.15. The minimum Gasteiger partial charge on any atom is -0.364 e. The number of hydrogen-bond donors (Lipinski definition) is 2. The third-order valence-electron chi connectivity index (χ3n) is 2.42. The van der Waals surface area contributed by atoms with Crippen molar-refractivity contribution < 1.29 is 4.79 Å². The van der Waals surface area contributed by atoms with E-state index in [0.29, 0.717) is 12.2 Å². The zero-order chi connectivity index (χ0) is 15.8. The Morgan fingerprint density at radius 3 is 2.57 bits per heavy atom. The number of carbonyl (C=O) groups is 1. The predicted molar refractivity (Wildman–Crippen MR) is 86.5 cm³/mol. The molecular weight excluding hydrogens is 286 g/mol. The summed E-state index contributed by atoms with van der Waals surface area (Å²) in [5, 5.41) is 8.26. The van der Waals surface area contributed by atoms with Gasteiger partial charge < -0.3 is 11.1 Å². The molecular formula is C14H23N5OS. The van der Waals surface area contributed by atoms with E-state index in [0.717, 1.165) is 22.1 Å². The Labute approximate surface area is 129 Å². The van der Waals surface area contributed by atoms with E-state index in [9.17, 15) is 4.79 Å². The molecule has 21 heavy (non-hydrogen) atoms. The summed E-state index contributed by atoms with van der Waals surface area (Å²) in [6, 6.07) is 1.87. The maximum atomic E-state index is 11.3. The number of nitrogens with one attached hydrogen (secondary N) is 1. The number of aromatic nitrogens is 3. The molecule has 0 aliphatic heterocycles. The van der Waals surface area contributed by atoms with Crippen molar-refractivity contribution >= 4 is 23.1 Å². The largest absolute Gasteiger partial charge is 0.364 e. The third-order valence-corrected chi connectivity index (χ3v) is 3.62. The van der Waals surface area contributed by atoms with Crippen molar-refractivity contribution in [3.05, 3.63) is 27.8 Å². The van der Waals surface area contributed by atoms with E-state index < -0.39 is 5.91 Å². The number of nitrogens with zero attached hydrogens (tertiary/aromatic N) is 3. The lowest BCUT2D eigenvalue weighted by Gasteiger charge is -2.01. The summed E-state index contributed by atoms with van der Waals surface area (Å²) in [7, 11) is 1.85. The Bertz CT molecular complexity index is 576. The second-order valence-electron chi connectivity index (χ2n) is 4.53. The van der Waals surface area contributed by atoms with Crippen LogP contribution in [0.3, 0.4) is 0 Å². The number of thiazole rings is 1. The summed E-state index contributed by atoms with van der Waals surface area (Å²) >= 11 is 1.50. The summed E-state index contributed by atoms with van der Waals surface area (Å²) in [5.41, 5.74) is 5.67. The van der Waals surface area contributed by atoms with Gasteiger partial charge in [-0.25, -0.2) is 4.98 Å². The van der Waals surface area contributed by atoms with Gasteiger partial charge in [0.05, 0.1) is 16.4 Å². The molecule has 1 amide bonds. The van der Waals surface area contributed by atoms with Gasteiger partial charge in [0, 0.05) is 19.3 Å². The normalized spacial score (nSPS) is 9.90. The van der Waals surface area contributed by atoms with Crippen LogP contribution in [0.25, 0.3) is 0 Å². The summed E-state index contributed by atoms with van der Waals surface area (Å²) < 4.78 is 1.71. The number of nitrogens with two attached hydrogens (primary N) is 1. The van der Waals surface area contributed by atoms with Gasteiger partial charge in [0.2, 0.25) is 0 Å². The van der Waals surface area contributed by atoms with Crippen molar-refractivity contribution in [1.29, 1.82) is 0 Å². The van der Waals surface area contributed by atoms with Crippen LogP contribution in [0.2, 0.25) is 0 Å². The Kier molecular flexibility index (Phi) is 6.87. The minimum atomic E-state index is -0.483. The summed E-state index contributed by atoms with van der Waals surface area (Å²) in [6.45, 7) is 6.76.